The highest BCUT2D eigenvalue weighted by atomic mass is 32.1. The molecule has 0 saturated carbocycles. The van der Waals surface area contributed by atoms with E-state index in [9.17, 15) is 0 Å². The molecule has 80 valence electrons. The van der Waals surface area contributed by atoms with Crippen LogP contribution in [0.25, 0.3) is 0 Å². The van der Waals surface area contributed by atoms with Crippen molar-refractivity contribution in [2.24, 2.45) is 7.05 Å². The minimum Gasteiger partial charge on any atom is -0.389 e. The summed E-state index contributed by atoms with van der Waals surface area (Å²) in [4.78, 5) is 4.12. The maximum absolute atomic E-state index is 5.57. The molecule has 0 spiro atoms. The van der Waals surface area contributed by atoms with E-state index in [1.807, 2.05) is 17.8 Å². The highest BCUT2D eigenvalue weighted by molar-refractivity contribution is 7.19. The van der Waals surface area contributed by atoms with Crippen LogP contribution in [0.3, 0.4) is 0 Å². The predicted molar refractivity (Wildman–Crippen MR) is 61.9 cm³/mol. The van der Waals surface area contributed by atoms with Gasteiger partial charge in [-0.3, -0.25) is 4.68 Å². The van der Waals surface area contributed by atoms with Crippen LogP contribution in [0.1, 0.15) is 5.69 Å². The number of rotatable bonds is 4. The molecule has 2 heterocycles. The van der Waals surface area contributed by atoms with Crippen molar-refractivity contribution in [3.63, 3.8) is 0 Å². The molecule has 0 aromatic carbocycles. The van der Waals surface area contributed by atoms with Gasteiger partial charge < -0.3 is 11.1 Å². The number of hydrogen-bond acceptors (Lipinski definition) is 5. The lowest BCUT2D eigenvalue weighted by Crippen LogP contribution is -2.07. The van der Waals surface area contributed by atoms with Gasteiger partial charge in [0.25, 0.3) is 0 Å². The predicted octanol–water partition coefficient (Wildman–Crippen LogP) is 1.11. The number of thiazole rings is 1. The quantitative estimate of drug-likeness (QED) is 0.814. The molecule has 6 heteroatoms. The summed E-state index contributed by atoms with van der Waals surface area (Å²) in [6, 6.07) is 2.01. The maximum atomic E-state index is 5.57. The van der Waals surface area contributed by atoms with Crippen molar-refractivity contribution in [1.82, 2.24) is 14.8 Å². The highest BCUT2D eigenvalue weighted by Crippen LogP contribution is 2.19. The Labute approximate surface area is 91.9 Å². The van der Waals surface area contributed by atoms with E-state index in [0.717, 1.165) is 23.1 Å². The molecular formula is C9H13N5S. The van der Waals surface area contributed by atoms with Crippen molar-refractivity contribution >= 4 is 21.5 Å². The van der Waals surface area contributed by atoms with Crippen LogP contribution in [0.4, 0.5) is 10.1 Å². The number of aromatic nitrogens is 3. The molecule has 0 fully saturated rings. The van der Waals surface area contributed by atoms with Crippen LogP contribution in [-0.4, -0.2) is 21.3 Å². The van der Waals surface area contributed by atoms with Gasteiger partial charge in [0.05, 0.1) is 6.20 Å². The van der Waals surface area contributed by atoms with E-state index in [0.29, 0.717) is 0 Å². The van der Waals surface area contributed by atoms with E-state index < -0.39 is 0 Å². The first-order valence-electron chi connectivity index (χ1n) is 4.68. The molecule has 0 atom stereocenters. The smallest absolute Gasteiger partial charge is 0.184 e. The van der Waals surface area contributed by atoms with Crippen molar-refractivity contribution in [3.05, 3.63) is 24.2 Å². The lowest BCUT2D eigenvalue weighted by molar-refractivity contribution is 0.711. The molecule has 0 amide bonds. The van der Waals surface area contributed by atoms with Gasteiger partial charge in [0, 0.05) is 31.9 Å². The van der Waals surface area contributed by atoms with Gasteiger partial charge in [-0.2, -0.15) is 5.10 Å². The van der Waals surface area contributed by atoms with Gasteiger partial charge in [-0.1, -0.05) is 11.3 Å². The third-order valence-corrected chi connectivity index (χ3v) is 2.89. The molecule has 2 rings (SSSR count). The van der Waals surface area contributed by atoms with E-state index >= 15 is 0 Å². The number of nitrogen functional groups attached to an aromatic ring is 1. The molecule has 0 saturated heterocycles. The first-order valence-corrected chi connectivity index (χ1v) is 5.49. The molecule has 0 aliphatic rings. The fourth-order valence-corrected chi connectivity index (χ4v) is 1.92. The molecular weight excluding hydrogens is 210 g/mol. The van der Waals surface area contributed by atoms with Gasteiger partial charge in [-0.15, -0.1) is 0 Å². The third-order valence-electron chi connectivity index (χ3n) is 2.10. The topological polar surface area (TPSA) is 68.8 Å². The zero-order valence-corrected chi connectivity index (χ0v) is 9.29. The van der Waals surface area contributed by atoms with Crippen LogP contribution >= 0.6 is 11.3 Å². The van der Waals surface area contributed by atoms with E-state index in [-0.39, 0.29) is 0 Å². The van der Waals surface area contributed by atoms with Crippen LogP contribution in [0.15, 0.2) is 18.5 Å². The van der Waals surface area contributed by atoms with Crippen molar-refractivity contribution in [3.8, 4) is 0 Å². The number of aryl methyl sites for hydroxylation is 1. The summed E-state index contributed by atoms with van der Waals surface area (Å²) < 4.78 is 1.87. The Morgan fingerprint density at radius 3 is 3.07 bits per heavy atom. The molecule has 0 bridgehead atoms. The Hall–Kier alpha value is -1.56. The minimum absolute atomic E-state index is 0.734. The van der Waals surface area contributed by atoms with Crippen LogP contribution < -0.4 is 11.1 Å². The standard InChI is InChI=1S/C9H13N5S/c1-14-7(3-5-13-14)2-4-11-9-12-6-8(10)15-9/h3,5-6H,2,4,10H2,1H3,(H,11,12). The van der Waals surface area contributed by atoms with Crippen molar-refractivity contribution in [2.75, 3.05) is 17.6 Å². The number of nitrogens with zero attached hydrogens (tertiary/aromatic N) is 3. The SMILES string of the molecule is Cn1nccc1CCNc1ncc(N)s1. The Morgan fingerprint density at radius 2 is 2.47 bits per heavy atom. The van der Waals surface area contributed by atoms with E-state index in [4.69, 9.17) is 5.73 Å². The Morgan fingerprint density at radius 1 is 1.60 bits per heavy atom. The normalized spacial score (nSPS) is 10.5. The number of nitrogens with one attached hydrogen (secondary N) is 1. The van der Waals surface area contributed by atoms with Crippen LogP contribution in [0.2, 0.25) is 0 Å². The van der Waals surface area contributed by atoms with E-state index in [1.165, 1.54) is 17.0 Å². The molecule has 2 aromatic heterocycles. The lowest BCUT2D eigenvalue weighted by atomic mass is 10.3. The molecule has 15 heavy (non-hydrogen) atoms. The molecule has 0 aliphatic heterocycles. The van der Waals surface area contributed by atoms with E-state index in [2.05, 4.69) is 15.4 Å². The summed E-state index contributed by atoms with van der Waals surface area (Å²) >= 11 is 1.46. The number of hydrogen-bond donors (Lipinski definition) is 2. The molecule has 2 aromatic rings. The Balaban J connectivity index is 1.83. The third kappa shape index (κ3) is 2.47. The first-order chi connectivity index (χ1) is 7.25. The minimum atomic E-state index is 0.734. The summed E-state index contributed by atoms with van der Waals surface area (Å²) in [5.74, 6) is 0. The first kappa shape index (κ1) is 9.97. The van der Waals surface area contributed by atoms with Gasteiger partial charge in [-0.05, 0) is 6.07 Å². The monoisotopic (exact) mass is 223 g/mol. The van der Waals surface area contributed by atoms with Gasteiger partial charge >= 0.3 is 0 Å². The second-order valence-corrected chi connectivity index (χ2v) is 4.25. The Bertz CT molecular complexity index is 433. The summed E-state index contributed by atoms with van der Waals surface area (Å²) in [5, 5.41) is 8.92. The van der Waals surface area contributed by atoms with Gasteiger partial charge in [-0.25, -0.2) is 4.98 Å². The summed E-state index contributed by atoms with van der Waals surface area (Å²) in [7, 11) is 1.94. The number of nitrogens with two attached hydrogens (primary N) is 1. The van der Waals surface area contributed by atoms with Crippen LogP contribution in [0, 0.1) is 0 Å². The molecule has 0 aliphatic carbocycles. The highest BCUT2D eigenvalue weighted by Gasteiger charge is 2.00. The van der Waals surface area contributed by atoms with Gasteiger partial charge in [0.1, 0.15) is 5.00 Å². The largest absolute Gasteiger partial charge is 0.389 e. The molecule has 0 radical (unpaired) electrons. The fraction of sp³-hybridized carbons (Fsp3) is 0.333. The zero-order chi connectivity index (χ0) is 10.7. The Kier molecular flexibility index (Phi) is 2.86. The second-order valence-electron chi connectivity index (χ2n) is 3.19. The molecule has 3 N–H and O–H groups in total. The fourth-order valence-electron chi connectivity index (χ4n) is 1.31. The van der Waals surface area contributed by atoms with Crippen LogP contribution in [0.5, 0.6) is 0 Å². The number of anilines is 2. The van der Waals surface area contributed by atoms with Crippen molar-refractivity contribution < 1.29 is 0 Å². The van der Waals surface area contributed by atoms with Gasteiger partial charge in [0.15, 0.2) is 5.13 Å². The summed E-state index contributed by atoms with van der Waals surface area (Å²) in [6.07, 6.45) is 4.39. The lowest BCUT2D eigenvalue weighted by Gasteiger charge is -2.02. The van der Waals surface area contributed by atoms with Crippen LogP contribution in [-0.2, 0) is 13.5 Å². The average molecular weight is 223 g/mol. The maximum Gasteiger partial charge on any atom is 0.184 e. The van der Waals surface area contributed by atoms with E-state index in [1.54, 1.807) is 12.4 Å². The van der Waals surface area contributed by atoms with Crippen molar-refractivity contribution in [1.29, 1.82) is 0 Å². The second kappa shape index (κ2) is 4.31. The van der Waals surface area contributed by atoms with Gasteiger partial charge in [0.2, 0.25) is 0 Å². The molecule has 5 nitrogen and oxygen atoms in total. The summed E-state index contributed by atoms with van der Waals surface area (Å²) in [5.41, 5.74) is 6.77. The van der Waals surface area contributed by atoms with Crippen molar-refractivity contribution in [2.45, 2.75) is 6.42 Å². The zero-order valence-electron chi connectivity index (χ0n) is 8.47. The average Bonchev–Trinajstić information content (AvgIpc) is 2.77. The molecule has 0 unspecified atom stereocenters. The summed E-state index contributed by atoms with van der Waals surface area (Å²) in [6.45, 7) is 0.840.